The Morgan fingerprint density at radius 3 is 1.67 bits per heavy atom. The van der Waals surface area contributed by atoms with Crippen LogP contribution in [0.2, 0.25) is 6.04 Å². The third-order valence-corrected chi connectivity index (χ3v) is 6.25. The Morgan fingerprint density at radius 1 is 0.833 bits per heavy atom. The van der Waals surface area contributed by atoms with Gasteiger partial charge in [0.1, 0.15) is 0 Å². The molecule has 2 rings (SSSR count). The monoisotopic (exact) mass is 268 g/mol. The summed E-state index contributed by atoms with van der Waals surface area (Å²) in [5, 5.41) is 0. The van der Waals surface area contributed by atoms with Gasteiger partial charge in [0.25, 0.3) is 0 Å². The Bertz CT molecular complexity index is 213. The zero-order valence-corrected chi connectivity index (χ0v) is 12.8. The van der Waals surface area contributed by atoms with E-state index in [2.05, 4.69) is 6.58 Å². The second-order valence-corrected chi connectivity index (χ2v) is 7.62. The van der Waals surface area contributed by atoms with E-state index in [1.54, 1.807) is 0 Å². The lowest BCUT2D eigenvalue weighted by Crippen LogP contribution is -2.34. The van der Waals surface area contributed by atoms with Crippen LogP contribution >= 0.6 is 0 Å². The van der Waals surface area contributed by atoms with E-state index in [-0.39, 0.29) is 0 Å². The molecule has 0 unspecified atom stereocenters. The Labute approximate surface area is 114 Å². The molecule has 0 aromatic carbocycles. The molecule has 0 aromatic heterocycles. The third-order valence-electron chi connectivity index (χ3n) is 4.15. The van der Waals surface area contributed by atoms with E-state index >= 15 is 0 Å². The molecular formula is C15H28O2Si. The van der Waals surface area contributed by atoms with E-state index in [4.69, 9.17) is 8.85 Å². The summed E-state index contributed by atoms with van der Waals surface area (Å²) >= 11 is 0. The van der Waals surface area contributed by atoms with Crippen molar-refractivity contribution in [3.63, 3.8) is 0 Å². The minimum absolute atomic E-state index is 0.485. The van der Waals surface area contributed by atoms with Crippen molar-refractivity contribution >= 4 is 9.28 Å². The van der Waals surface area contributed by atoms with Gasteiger partial charge in [-0.15, -0.1) is 6.58 Å². The molecule has 0 bridgehead atoms. The highest BCUT2D eigenvalue weighted by atomic mass is 28.3. The normalized spacial score (nSPS) is 23.4. The SMILES string of the molecule is C=CC[SiH](OC1CCCCC1)OC1CCCCC1. The molecule has 0 aromatic rings. The Morgan fingerprint density at radius 2 is 1.28 bits per heavy atom. The first-order valence-corrected chi connectivity index (χ1v) is 9.56. The van der Waals surface area contributed by atoms with Crippen molar-refractivity contribution in [1.29, 1.82) is 0 Å². The summed E-state index contributed by atoms with van der Waals surface area (Å²) in [5.41, 5.74) is 0. The molecule has 2 nitrogen and oxygen atoms in total. The van der Waals surface area contributed by atoms with Crippen LogP contribution in [0.1, 0.15) is 64.2 Å². The van der Waals surface area contributed by atoms with Gasteiger partial charge in [-0.2, -0.15) is 0 Å². The van der Waals surface area contributed by atoms with Gasteiger partial charge in [-0.3, -0.25) is 0 Å². The number of allylic oxidation sites excluding steroid dienone is 1. The predicted octanol–water partition coefficient (Wildman–Crippen LogP) is 4.09. The fraction of sp³-hybridized carbons (Fsp3) is 0.867. The van der Waals surface area contributed by atoms with Gasteiger partial charge in [0, 0.05) is 18.3 Å². The van der Waals surface area contributed by atoms with Crippen LogP contribution in [-0.4, -0.2) is 21.5 Å². The van der Waals surface area contributed by atoms with Crippen molar-refractivity contribution in [3.05, 3.63) is 12.7 Å². The molecule has 2 aliphatic carbocycles. The third kappa shape index (κ3) is 4.86. The number of hydrogen-bond acceptors (Lipinski definition) is 2. The predicted molar refractivity (Wildman–Crippen MR) is 78.1 cm³/mol. The molecule has 0 amide bonds. The Kier molecular flexibility index (Phi) is 6.45. The summed E-state index contributed by atoms with van der Waals surface area (Å²) in [7, 11) is -1.50. The van der Waals surface area contributed by atoms with E-state index in [1.165, 1.54) is 64.2 Å². The van der Waals surface area contributed by atoms with Crippen LogP contribution in [0.15, 0.2) is 12.7 Å². The zero-order chi connectivity index (χ0) is 12.6. The van der Waals surface area contributed by atoms with Crippen LogP contribution in [0.3, 0.4) is 0 Å². The van der Waals surface area contributed by atoms with Crippen molar-refractivity contribution in [1.82, 2.24) is 0 Å². The van der Waals surface area contributed by atoms with Crippen LogP contribution in [0.4, 0.5) is 0 Å². The number of hydrogen-bond donors (Lipinski definition) is 0. The highest BCUT2D eigenvalue weighted by Gasteiger charge is 2.24. The van der Waals surface area contributed by atoms with E-state index in [0.717, 1.165) is 6.04 Å². The van der Waals surface area contributed by atoms with Crippen LogP contribution in [0, 0.1) is 0 Å². The molecule has 3 heteroatoms. The van der Waals surface area contributed by atoms with Gasteiger partial charge in [0.2, 0.25) is 0 Å². The van der Waals surface area contributed by atoms with Gasteiger partial charge in [0.05, 0.1) is 0 Å². The summed E-state index contributed by atoms with van der Waals surface area (Å²) in [6, 6.07) is 0.965. The minimum atomic E-state index is -1.50. The van der Waals surface area contributed by atoms with Crippen molar-refractivity contribution in [2.75, 3.05) is 0 Å². The van der Waals surface area contributed by atoms with Gasteiger partial charge in [-0.05, 0) is 25.7 Å². The van der Waals surface area contributed by atoms with Gasteiger partial charge in [-0.1, -0.05) is 44.6 Å². The molecule has 0 radical (unpaired) electrons. The molecule has 0 N–H and O–H groups in total. The lowest BCUT2D eigenvalue weighted by atomic mass is 9.98. The molecule has 0 saturated heterocycles. The molecule has 18 heavy (non-hydrogen) atoms. The first kappa shape index (κ1) is 14.3. The first-order valence-electron chi connectivity index (χ1n) is 7.80. The average Bonchev–Trinajstić information content (AvgIpc) is 2.41. The summed E-state index contributed by atoms with van der Waals surface area (Å²) < 4.78 is 12.6. The van der Waals surface area contributed by atoms with Crippen molar-refractivity contribution in [3.8, 4) is 0 Å². The van der Waals surface area contributed by atoms with E-state index in [9.17, 15) is 0 Å². The van der Waals surface area contributed by atoms with Crippen LogP contribution < -0.4 is 0 Å². The molecule has 0 heterocycles. The standard InChI is InChI=1S/C15H28O2Si/c1-2-13-18(16-14-9-5-3-6-10-14)17-15-11-7-4-8-12-15/h2,14-15,18H,1,3-13H2. The lowest BCUT2D eigenvalue weighted by molar-refractivity contribution is 0.0672. The fourth-order valence-corrected chi connectivity index (χ4v) is 5.07. The fourth-order valence-electron chi connectivity index (χ4n) is 3.11. The van der Waals surface area contributed by atoms with Crippen molar-refractivity contribution < 1.29 is 8.85 Å². The second-order valence-electron chi connectivity index (χ2n) is 5.75. The molecule has 2 aliphatic rings. The van der Waals surface area contributed by atoms with E-state index < -0.39 is 9.28 Å². The highest BCUT2D eigenvalue weighted by Crippen LogP contribution is 2.25. The van der Waals surface area contributed by atoms with Crippen LogP contribution in [-0.2, 0) is 8.85 Å². The first-order chi connectivity index (χ1) is 8.88. The maximum absolute atomic E-state index is 6.28. The van der Waals surface area contributed by atoms with E-state index in [0.29, 0.717) is 12.2 Å². The zero-order valence-electron chi connectivity index (χ0n) is 11.6. The lowest BCUT2D eigenvalue weighted by Gasteiger charge is -2.30. The molecule has 2 saturated carbocycles. The Hall–Kier alpha value is -0.123. The maximum Gasteiger partial charge on any atom is 0.325 e. The van der Waals surface area contributed by atoms with Crippen molar-refractivity contribution in [2.45, 2.75) is 82.5 Å². The number of rotatable bonds is 6. The van der Waals surface area contributed by atoms with Crippen LogP contribution in [0.25, 0.3) is 0 Å². The highest BCUT2D eigenvalue weighted by molar-refractivity contribution is 6.45. The summed E-state index contributed by atoms with van der Waals surface area (Å²) in [6.45, 7) is 3.86. The summed E-state index contributed by atoms with van der Waals surface area (Å²) in [5.74, 6) is 0. The van der Waals surface area contributed by atoms with Gasteiger partial charge < -0.3 is 8.85 Å². The molecule has 104 valence electrons. The average molecular weight is 268 g/mol. The van der Waals surface area contributed by atoms with Crippen molar-refractivity contribution in [2.24, 2.45) is 0 Å². The quantitative estimate of drug-likeness (QED) is 0.533. The van der Waals surface area contributed by atoms with Crippen LogP contribution in [0.5, 0.6) is 0 Å². The molecule has 0 spiro atoms. The van der Waals surface area contributed by atoms with E-state index in [1.807, 2.05) is 6.08 Å². The Balaban J connectivity index is 1.76. The van der Waals surface area contributed by atoms with Gasteiger partial charge >= 0.3 is 9.28 Å². The molecular weight excluding hydrogens is 240 g/mol. The largest absolute Gasteiger partial charge is 0.393 e. The topological polar surface area (TPSA) is 18.5 Å². The van der Waals surface area contributed by atoms with Gasteiger partial charge in [0.15, 0.2) is 0 Å². The molecule has 2 fully saturated rings. The molecule has 0 aliphatic heterocycles. The maximum atomic E-state index is 6.28. The smallest absolute Gasteiger partial charge is 0.325 e. The second kappa shape index (κ2) is 8.13. The summed E-state index contributed by atoms with van der Waals surface area (Å²) in [4.78, 5) is 0. The molecule has 0 atom stereocenters. The van der Waals surface area contributed by atoms with Gasteiger partial charge in [-0.25, -0.2) is 0 Å². The minimum Gasteiger partial charge on any atom is -0.393 e. The summed E-state index contributed by atoms with van der Waals surface area (Å²) in [6.07, 6.45) is 16.1.